The van der Waals surface area contributed by atoms with Crippen LogP contribution in [0.1, 0.15) is 26.7 Å². The highest BCUT2D eigenvalue weighted by Crippen LogP contribution is 2.28. The van der Waals surface area contributed by atoms with Crippen LogP contribution in [0.3, 0.4) is 0 Å². The quantitative estimate of drug-likeness (QED) is 0.612. The summed E-state index contributed by atoms with van der Waals surface area (Å²) in [6.07, 6.45) is 1.78. The van der Waals surface area contributed by atoms with E-state index in [1.807, 2.05) is 13.8 Å². The van der Waals surface area contributed by atoms with Gasteiger partial charge in [-0.1, -0.05) is 13.8 Å². The van der Waals surface area contributed by atoms with E-state index in [1.54, 1.807) is 4.90 Å². The van der Waals surface area contributed by atoms with Gasteiger partial charge in [0.05, 0.1) is 6.61 Å². The van der Waals surface area contributed by atoms with Crippen molar-refractivity contribution in [3.63, 3.8) is 0 Å². The summed E-state index contributed by atoms with van der Waals surface area (Å²) in [5.74, 6) is 0.0183. The summed E-state index contributed by atoms with van der Waals surface area (Å²) < 4.78 is 0. The fraction of sp³-hybridized carbons (Fsp3) is 0.900. The number of carbonyl (C=O) groups is 1. The average molecular weight is 200 g/mol. The summed E-state index contributed by atoms with van der Waals surface area (Å²) >= 11 is 0. The first-order valence-electron chi connectivity index (χ1n) is 5.24. The molecule has 1 unspecified atom stereocenters. The van der Waals surface area contributed by atoms with Gasteiger partial charge in [-0.3, -0.25) is 4.79 Å². The molecule has 1 amide bonds. The van der Waals surface area contributed by atoms with E-state index >= 15 is 0 Å². The average Bonchev–Trinajstić information content (AvgIpc) is 2.24. The van der Waals surface area contributed by atoms with Gasteiger partial charge in [-0.25, -0.2) is 0 Å². The zero-order valence-electron chi connectivity index (χ0n) is 8.99. The van der Waals surface area contributed by atoms with Crippen LogP contribution in [0.15, 0.2) is 0 Å². The van der Waals surface area contributed by atoms with Crippen molar-refractivity contribution in [3.8, 4) is 0 Å². The Balaban J connectivity index is 2.53. The molecule has 0 radical (unpaired) electrons. The van der Waals surface area contributed by atoms with Crippen molar-refractivity contribution < 1.29 is 9.90 Å². The SMILES string of the molecule is CCC(CC)(CO)CN1CC(N)C1=O. The summed E-state index contributed by atoms with van der Waals surface area (Å²) in [5, 5.41) is 9.33. The first-order chi connectivity index (χ1) is 6.58. The number of hydrogen-bond donors (Lipinski definition) is 2. The molecule has 14 heavy (non-hydrogen) atoms. The Hall–Kier alpha value is -0.610. The normalized spacial score (nSPS) is 22.4. The second-order valence-electron chi connectivity index (χ2n) is 4.19. The third kappa shape index (κ3) is 1.91. The second-order valence-corrected chi connectivity index (χ2v) is 4.19. The number of hydrogen-bond acceptors (Lipinski definition) is 3. The van der Waals surface area contributed by atoms with Gasteiger partial charge in [0, 0.05) is 18.5 Å². The minimum atomic E-state index is -0.305. The van der Waals surface area contributed by atoms with Crippen molar-refractivity contribution in [3.05, 3.63) is 0 Å². The van der Waals surface area contributed by atoms with Gasteiger partial charge in [0.25, 0.3) is 0 Å². The van der Waals surface area contributed by atoms with E-state index in [-0.39, 0.29) is 24.0 Å². The van der Waals surface area contributed by atoms with Crippen LogP contribution in [0.2, 0.25) is 0 Å². The monoisotopic (exact) mass is 200 g/mol. The van der Waals surface area contributed by atoms with E-state index in [0.717, 1.165) is 12.8 Å². The molecule has 0 aromatic heterocycles. The van der Waals surface area contributed by atoms with E-state index in [2.05, 4.69) is 0 Å². The van der Waals surface area contributed by atoms with Crippen LogP contribution in [0.5, 0.6) is 0 Å². The molecule has 0 saturated carbocycles. The van der Waals surface area contributed by atoms with Crippen molar-refractivity contribution in [2.75, 3.05) is 19.7 Å². The van der Waals surface area contributed by atoms with Crippen LogP contribution in [0.25, 0.3) is 0 Å². The maximum absolute atomic E-state index is 11.3. The zero-order valence-corrected chi connectivity index (χ0v) is 8.99. The summed E-state index contributed by atoms with van der Waals surface area (Å²) in [6, 6.07) is -0.305. The maximum Gasteiger partial charge on any atom is 0.241 e. The Morgan fingerprint density at radius 2 is 2.14 bits per heavy atom. The molecule has 4 nitrogen and oxygen atoms in total. The minimum Gasteiger partial charge on any atom is -0.396 e. The highest BCUT2D eigenvalue weighted by Gasteiger charge is 2.38. The van der Waals surface area contributed by atoms with Crippen molar-refractivity contribution in [1.29, 1.82) is 0 Å². The lowest BCUT2D eigenvalue weighted by atomic mass is 9.81. The van der Waals surface area contributed by atoms with E-state index in [4.69, 9.17) is 5.73 Å². The van der Waals surface area contributed by atoms with E-state index in [9.17, 15) is 9.90 Å². The van der Waals surface area contributed by atoms with Crippen molar-refractivity contribution >= 4 is 5.91 Å². The van der Waals surface area contributed by atoms with Crippen LogP contribution in [-0.4, -0.2) is 41.7 Å². The van der Waals surface area contributed by atoms with E-state index in [0.29, 0.717) is 13.1 Å². The minimum absolute atomic E-state index is 0.0183. The van der Waals surface area contributed by atoms with Crippen LogP contribution in [-0.2, 0) is 4.79 Å². The molecule has 1 heterocycles. The molecule has 0 spiro atoms. The third-order valence-corrected chi connectivity index (χ3v) is 3.41. The Morgan fingerprint density at radius 1 is 1.57 bits per heavy atom. The highest BCUT2D eigenvalue weighted by atomic mass is 16.3. The van der Waals surface area contributed by atoms with Gasteiger partial charge >= 0.3 is 0 Å². The summed E-state index contributed by atoms with van der Waals surface area (Å²) in [4.78, 5) is 13.1. The molecular formula is C10H20N2O2. The topological polar surface area (TPSA) is 66.6 Å². The molecule has 0 aromatic rings. The molecule has 0 aromatic carbocycles. The van der Waals surface area contributed by atoms with Crippen LogP contribution in [0, 0.1) is 5.41 Å². The Kier molecular flexibility index (Phi) is 3.50. The molecule has 1 saturated heterocycles. The number of nitrogens with two attached hydrogens (primary N) is 1. The predicted octanol–water partition coefficient (Wildman–Crippen LogP) is -0.0454. The highest BCUT2D eigenvalue weighted by molar-refractivity contribution is 5.87. The number of aliphatic hydroxyl groups excluding tert-OH is 1. The molecule has 3 N–H and O–H groups in total. The smallest absolute Gasteiger partial charge is 0.241 e. The molecule has 0 aliphatic carbocycles. The second kappa shape index (κ2) is 4.28. The standard InChI is InChI=1S/C10H20N2O2/c1-3-10(4-2,7-13)6-12-5-8(11)9(12)14/h8,13H,3-7,11H2,1-2H3. The maximum atomic E-state index is 11.3. The molecular weight excluding hydrogens is 180 g/mol. The number of carbonyl (C=O) groups excluding carboxylic acids is 1. The van der Waals surface area contributed by atoms with Crippen molar-refractivity contribution in [1.82, 2.24) is 4.90 Å². The van der Waals surface area contributed by atoms with Gasteiger partial charge in [-0.2, -0.15) is 0 Å². The Labute approximate surface area is 85.1 Å². The summed E-state index contributed by atoms with van der Waals surface area (Å²) in [5.41, 5.74) is 5.37. The predicted molar refractivity (Wildman–Crippen MR) is 54.7 cm³/mol. The fourth-order valence-electron chi connectivity index (χ4n) is 1.82. The van der Waals surface area contributed by atoms with Crippen LogP contribution in [0.4, 0.5) is 0 Å². The number of nitrogens with zero attached hydrogens (tertiary/aromatic N) is 1. The van der Waals surface area contributed by atoms with Crippen LogP contribution < -0.4 is 5.73 Å². The number of amides is 1. The van der Waals surface area contributed by atoms with Gasteiger partial charge in [0.1, 0.15) is 6.04 Å². The molecule has 1 aliphatic rings. The number of β-lactam (4-membered cyclic amide) rings is 1. The number of likely N-dealkylation sites (tertiary alicyclic amines) is 1. The molecule has 1 rings (SSSR count). The van der Waals surface area contributed by atoms with Gasteiger partial charge in [0.2, 0.25) is 5.91 Å². The van der Waals surface area contributed by atoms with Gasteiger partial charge < -0.3 is 15.7 Å². The first-order valence-corrected chi connectivity index (χ1v) is 5.24. The Morgan fingerprint density at radius 3 is 2.43 bits per heavy atom. The zero-order chi connectivity index (χ0) is 10.8. The molecule has 4 heteroatoms. The number of rotatable bonds is 5. The summed E-state index contributed by atoms with van der Waals surface area (Å²) in [7, 11) is 0. The molecule has 82 valence electrons. The van der Waals surface area contributed by atoms with E-state index < -0.39 is 0 Å². The van der Waals surface area contributed by atoms with Gasteiger partial charge in [-0.05, 0) is 12.8 Å². The molecule has 1 aliphatic heterocycles. The third-order valence-electron chi connectivity index (χ3n) is 3.41. The lowest BCUT2D eigenvalue weighted by molar-refractivity contribution is -0.145. The van der Waals surface area contributed by atoms with Gasteiger partial charge in [-0.15, -0.1) is 0 Å². The summed E-state index contributed by atoms with van der Waals surface area (Å²) in [6.45, 7) is 5.51. The largest absolute Gasteiger partial charge is 0.396 e. The first kappa shape index (κ1) is 11.5. The number of aliphatic hydroxyl groups is 1. The molecule has 1 fully saturated rings. The van der Waals surface area contributed by atoms with Gasteiger partial charge in [0.15, 0.2) is 0 Å². The van der Waals surface area contributed by atoms with Crippen molar-refractivity contribution in [2.45, 2.75) is 32.7 Å². The van der Waals surface area contributed by atoms with Crippen LogP contribution >= 0.6 is 0 Å². The lowest BCUT2D eigenvalue weighted by Crippen LogP contribution is -2.63. The fourth-order valence-corrected chi connectivity index (χ4v) is 1.82. The Bertz CT molecular complexity index is 206. The van der Waals surface area contributed by atoms with Crippen molar-refractivity contribution in [2.24, 2.45) is 11.1 Å². The van der Waals surface area contributed by atoms with E-state index in [1.165, 1.54) is 0 Å². The lowest BCUT2D eigenvalue weighted by Gasteiger charge is -2.43. The molecule has 1 atom stereocenters. The molecule has 0 bridgehead atoms.